The summed E-state index contributed by atoms with van der Waals surface area (Å²) < 4.78 is 1.52. The van der Waals surface area contributed by atoms with Gasteiger partial charge < -0.3 is 20.7 Å². The van der Waals surface area contributed by atoms with E-state index < -0.39 is 17.5 Å². The summed E-state index contributed by atoms with van der Waals surface area (Å²) in [5, 5.41) is 28.0. The number of fused-ring (bicyclic) bond motifs is 1. The number of nitrogens with zero attached hydrogens (tertiary/aromatic N) is 4. The van der Waals surface area contributed by atoms with Crippen LogP contribution in [0.1, 0.15) is 21.5 Å². The van der Waals surface area contributed by atoms with Crippen LogP contribution in [0.2, 0.25) is 5.02 Å². The third-order valence-corrected chi connectivity index (χ3v) is 6.55. The largest absolute Gasteiger partial charge is 0.507 e. The van der Waals surface area contributed by atoms with Crippen molar-refractivity contribution in [1.29, 1.82) is 0 Å². The summed E-state index contributed by atoms with van der Waals surface area (Å²) in [6, 6.07) is 19.3. The molecule has 0 fully saturated rings. The van der Waals surface area contributed by atoms with Crippen LogP contribution >= 0.6 is 11.6 Å². The van der Waals surface area contributed by atoms with Gasteiger partial charge in [0.1, 0.15) is 18.1 Å². The van der Waals surface area contributed by atoms with Gasteiger partial charge in [-0.2, -0.15) is 0 Å². The van der Waals surface area contributed by atoms with Gasteiger partial charge in [0.2, 0.25) is 5.91 Å². The van der Waals surface area contributed by atoms with Crippen molar-refractivity contribution in [2.24, 2.45) is 0 Å². The quantitative estimate of drug-likeness (QED) is 0.217. The van der Waals surface area contributed by atoms with Gasteiger partial charge in [-0.15, -0.1) is 5.10 Å². The fraction of sp³-hybridized carbons (Fsp3) is 0.143. The second-order valence-electron chi connectivity index (χ2n) is 9.06. The minimum Gasteiger partial charge on any atom is -0.507 e. The molecule has 0 radical (unpaired) electrons. The molecule has 12 heteroatoms. The zero-order valence-electron chi connectivity index (χ0n) is 21.0. The van der Waals surface area contributed by atoms with Crippen LogP contribution in [0.5, 0.6) is 5.75 Å². The second-order valence-corrected chi connectivity index (χ2v) is 9.50. The van der Waals surface area contributed by atoms with E-state index in [1.807, 2.05) is 30.3 Å². The molecular weight excluding hydrogens is 534 g/mol. The van der Waals surface area contributed by atoms with Crippen molar-refractivity contribution in [2.45, 2.75) is 18.9 Å². The molecule has 0 aliphatic rings. The van der Waals surface area contributed by atoms with Crippen LogP contribution in [-0.4, -0.2) is 54.7 Å². The highest BCUT2D eigenvalue weighted by Gasteiger charge is 2.22. The predicted octanol–water partition coefficient (Wildman–Crippen LogP) is 2.56. The Morgan fingerprint density at radius 3 is 2.65 bits per heavy atom. The van der Waals surface area contributed by atoms with Crippen LogP contribution in [0.4, 0.5) is 0 Å². The van der Waals surface area contributed by atoms with E-state index in [1.165, 1.54) is 29.2 Å². The van der Waals surface area contributed by atoms with E-state index in [1.54, 1.807) is 18.2 Å². The fourth-order valence-electron chi connectivity index (χ4n) is 4.37. The summed E-state index contributed by atoms with van der Waals surface area (Å²) in [7, 11) is 0. The number of carbonyl (C=O) groups is 2. The number of carbonyl (C=O) groups excluding carboxylic acids is 2. The van der Waals surface area contributed by atoms with Crippen LogP contribution in [0.25, 0.3) is 16.6 Å². The Labute approximate surface area is 232 Å². The molecule has 4 N–H and O–H groups in total. The number of tetrazole rings is 1. The highest BCUT2D eigenvalue weighted by molar-refractivity contribution is 6.30. The Hall–Kier alpha value is -5.03. The number of aromatic hydroxyl groups is 1. The first kappa shape index (κ1) is 26.6. The zero-order chi connectivity index (χ0) is 28.1. The van der Waals surface area contributed by atoms with E-state index in [0.717, 1.165) is 22.9 Å². The molecule has 0 spiro atoms. The summed E-state index contributed by atoms with van der Waals surface area (Å²) in [5.41, 5.74) is 2.60. The number of benzene rings is 3. The molecule has 2 amide bonds. The van der Waals surface area contributed by atoms with E-state index >= 15 is 0 Å². The molecule has 202 valence electrons. The monoisotopic (exact) mass is 557 g/mol. The average Bonchev–Trinajstić information content (AvgIpc) is 3.48. The van der Waals surface area contributed by atoms with Crippen molar-refractivity contribution in [3.63, 3.8) is 0 Å². The lowest BCUT2D eigenvalue weighted by atomic mass is 10.0. The molecule has 3 aromatic carbocycles. The van der Waals surface area contributed by atoms with E-state index in [0.29, 0.717) is 22.3 Å². The van der Waals surface area contributed by atoms with Crippen molar-refractivity contribution in [2.75, 3.05) is 6.54 Å². The van der Waals surface area contributed by atoms with Gasteiger partial charge in [0.15, 0.2) is 0 Å². The van der Waals surface area contributed by atoms with Crippen molar-refractivity contribution < 1.29 is 14.7 Å². The summed E-state index contributed by atoms with van der Waals surface area (Å²) in [4.78, 5) is 40.8. The number of rotatable bonds is 9. The second kappa shape index (κ2) is 11.8. The van der Waals surface area contributed by atoms with Crippen molar-refractivity contribution in [1.82, 2.24) is 35.8 Å². The van der Waals surface area contributed by atoms with Crippen LogP contribution in [-0.2, 0) is 17.6 Å². The molecule has 0 aliphatic carbocycles. The molecule has 5 aromatic rings. The number of aromatic amines is 1. The first-order chi connectivity index (χ1) is 19.4. The standard InChI is InChI=1S/C28H24ClN7O4/c29-20-7-9-24(36-16-31-34-35-36)18(13-20)10-11-30-28(40)23(12-17-4-2-1-3-5-17)33-27(39)19-6-8-22-21(14-19)25(37)15-26(38)32-22/h1-9,13-16,23H,10-12H2,(H,30,40)(H,33,39)(H2,32,37,38). The van der Waals surface area contributed by atoms with Crippen LogP contribution in [0.15, 0.2) is 83.9 Å². The lowest BCUT2D eigenvalue weighted by Crippen LogP contribution is -2.48. The van der Waals surface area contributed by atoms with Gasteiger partial charge >= 0.3 is 0 Å². The molecule has 1 atom stereocenters. The molecule has 5 rings (SSSR count). The number of H-pyrrole nitrogens is 1. The van der Waals surface area contributed by atoms with Gasteiger partial charge in [0.25, 0.3) is 11.5 Å². The van der Waals surface area contributed by atoms with Crippen LogP contribution in [0.3, 0.4) is 0 Å². The lowest BCUT2D eigenvalue weighted by molar-refractivity contribution is -0.122. The van der Waals surface area contributed by atoms with Gasteiger partial charge in [0.05, 0.1) is 11.2 Å². The van der Waals surface area contributed by atoms with Gasteiger partial charge in [-0.3, -0.25) is 14.4 Å². The van der Waals surface area contributed by atoms with Gasteiger partial charge in [-0.25, -0.2) is 4.68 Å². The lowest BCUT2D eigenvalue weighted by Gasteiger charge is -2.19. The maximum Gasteiger partial charge on any atom is 0.252 e. The molecule has 0 saturated heterocycles. The van der Waals surface area contributed by atoms with Gasteiger partial charge in [0, 0.05) is 35.0 Å². The summed E-state index contributed by atoms with van der Waals surface area (Å²) in [6.45, 7) is 0.271. The summed E-state index contributed by atoms with van der Waals surface area (Å²) >= 11 is 6.20. The van der Waals surface area contributed by atoms with Crippen molar-refractivity contribution >= 4 is 34.3 Å². The zero-order valence-corrected chi connectivity index (χ0v) is 21.8. The Kier molecular flexibility index (Phi) is 7.83. The number of halogens is 1. The van der Waals surface area contributed by atoms with Crippen molar-refractivity contribution in [3.8, 4) is 11.4 Å². The first-order valence-corrected chi connectivity index (χ1v) is 12.8. The molecule has 40 heavy (non-hydrogen) atoms. The minimum atomic E-state index is -0.881. The number of hydrogen-bond acceptors (Lipinski definition) is 7. The Bertz CT molecular complexity index is 1720. The highest BCUT2D eigenvalue weighted by atomic mass is 35.5. The fourth-order valence-corrected chi connectivity index (χ4v) is 4.57. The number of nitrogens with one attached hydrogen (secondary N) is 3. The first-order valence-electron chi connectivity index (χ1n) is 12.4. The molecule has 2 heterocycles. The maximum absolute atomic E-state index is 13.3. The topological polar surface area (TPSA) is 155 Å². The van der Waals surface area contributed by atoms with Gasteiger partial charge in [-0.05, 0) is 64.4 Å². The van der Waals surface area contributed by atoms with E-state index in [2.05, 4.69) is 31.1 Å². The number of pyridine rings is 1. The SMILES string of the molecule is O=C(NC(Cc1ccccc1)C(=O)NCCc1cc(Cl)ccc1-n1cnnn1)c1ccc2[nH]c(=O)cc(O)c2c1. The Morgan fingerprint density at radius 2 is 1.88 bits per heavy atom. The van der Waals surface area contributed by atoms with Gasteiger partial charge in [-0.1, -0.05) is 41.9 Å². The number of hydrogen-bond donors (Lipinski definition) is 4. The summed E-state index contributed by atoms with van der Waals surface area (Å²) in [6.07, 6.45) is 2.17. The summed E-state index contributed by atoms with van der Waals surface area (Å²) in [5.74, 6) is -1.11. The number of amides is 2. The molecular formula is C28H24ClN7O4. The molecule has 0 aliphatic heterocycles. The third-order valence-electron chi connectivity index (χ3n) is 6.32. The third kappa shape index (κ3) is 6.16. The maximum atomic E-state index is 13.3. The van der Waals surface area contributed by atoms with E-state index in [-0.39, 0.29) is 30.2 Å². The average molecular weight is 558 g/mol. The smallest absolute Gasteiger partial charge is 0.252 e. The van der Waals surface area contributed by atoms with E-state index in [4.69, 9.17) is 11.6 Å². The van der Waals surface area contributed by atoms with E-state index in [9.17, 15) is 19.5 Å². The molecule has 1 unspecified atom stereocenters. The molecule has 2 aromatic heterocycles. The molecule has 0 saturated carbocycles. The Balaban J connectivity index is 1.32. The minimum absolute atomic E-state index is 0.228. The molecule has 11 nitrogen and oxygen atoms in total. The van der Waals surface area contributed by atoms with Crippen molar-refractivity contribution in [3.05, 3.63) is 111 Å². The number of aromatic nitrogens is 5. The highest BCUT2D eigenvalue weighted by Crippen LogP contribution is 2.22. The van der Waals surface area contributed by atoms with Crippen LogP contribution in [0, 0.1) is 0 Å². The predicted molar refractivity (Wildman–Crippen MR) is 149 cm³/mol. The Morgan fingerprint density at radius 1 is 1.05 bits per heavy atom. The normalized spacial score (nSPS) is 11.7. The van der Waals surface area contributed by atoms with Crippen LogP contribution < -0.4 is 16.2 Å². The molecule has 0 bridgehead atoms.